The number of thioether (sulfide) groups is 1. The Morgan fingerprint density at radius 1 is 1.09 bits per heavy atom. The fourth-order valence-corrected chi connectivity index (χ4v) is 2.81. The fraction of sp³-hybridized carbons (Fsp3) is 0.278. The van der Waals surface area contributed by atoms with Crippen LogP contribution in [0.5, 0.6) is 5.75 Å². The second-order valence-corrected chi connectivity index (χ2v) is 6.05. The van der Waals surface area contributed by atoms with Gasteiger partial charge < -0.3 is 10.1 Å². The Balaban J connectivity index is 2.06. The van der Waals surface area contributed by atoms with Gasteiger partial charge in [-0.1, -0.05) is 44.2 Å². The molecule has 0 heterocycles. The van der Waals surface area contributed by atoms with E-state index in [0.29, 0.717) is 12.2 Å². The molecule has 3 nitrogen and oxygen atoms in total. The summed E-state index contributed by atoms with van der Waals surface area (Å²) in [5, 5.41) is 2.98. The molecule has 2 aromatic carbocycles. The van der Waals surface area contributed by atoms with E-state index in [-0.39, 0.29) is 5.91 Å². The molecule has 1 unspecified atom stereocenters. The van der Waals surface area contributed by atoms with Crippen LogP contribution in [0.1, 0.15) is 20.3 Å². The summed E-state index contributed by atoms with van der Waals surface area (Å²) in [4.78, 5) is 13.5. The molecule has 0 bridgehead atoms. The van der Waals surface area contributed by atoms with Gasteiger partial charge in [0.2, 0.25) is 0 Å². The van der Waals surface area contributed by atoms with Gasteiger partial charge in [-0.15, -0.1) is 11.8 Å². The van der Waals surface area contributed by atoms with E-state index in [9.17, 15) is 4.79 Å². The molecule has 0 aliphatic carbocycles. The number of rotatable bonds is 7. The lowest BCUT2D eigenvalue weighted by Gasteiger charge is -2.18. The summed E-state index contributed by atoms with van der Waals surface area (Å²) in [6, 6.07) is 17.3. The molecule has 2 aromatic rings. The average Bonchev–Trinajstić information content (AvgIpc) is 2.55. The van der Waals surface area contributed by atoms with Crippen molar-refractivity contribution < 1.29 is 9.53 Å². The lowest BCUT2D eigenvalue weighted by atomic mass is 10.2. The Morgan fingerprint density at radius 3 is 2.45 bits per heavy atom. The Labute approximate surface area is 136 Å². The minimum atomic E-state index is -0.498. The van der Waals surface area contributed by atoms with E-state index in [4.69, 9.17) is 4.74 Å². The summed E-state index contributed by atoms with van der Waals surface area (Å²) in [6.07, 6.45) is 0.117. The van der Waals surface area contributed by atoms with Crippen molar-refractivity contribution in [1.82, 2.24) is 0 Å². The lowest BCUT2D eigenvalue weighted by Crippen LogP contribution is -2.32. The first kappa shape index (κ1) is 16.4. The summed E-state index contributed by atoms with van der Waals surface area (Å²) < 4.78 is 5.78. The van der Waals surface area contributed by atoms with Crippen LogP contribution in [-0.4, -0.2) is 17.8 Å². The number of para-hydroxylation sites is 2. The van der Waals surface area contributed by atoms with Crippen molar-refractivity contribution in [3.8, 4) is 5.75 Å². The standard InChI is InChI=1S/C18H21NO2S/c1-3-16(21-14-10-6-5-7-11-14)18(20)19-15-12-8-9-13-17(15)22-4-2/h5-13,16H,3-4H2,1-2H3,(H,19,20). The van der Waals surface area contributed by atoms with Gasteiger partial charge in [-0.25, -0.2) is 0 Å². The van der Waals surface area contributed by atoms with Crippen molar-refractivity contribution in [1.29, 1.82) is 0 Å². The van der Waals surface area contributed by atoms with Crippen LogP contribution in [0.3, 0.4) is 0 Å². The number of benzene rings is 2. The van der Waals surface area contributed by atoms with E-state index in [1.165, 1.54) is 0 Å². The molecule has 0 saturated carbocycles. The third-order valence-electron chi connectivity index (χ3n) is 3.13. The minimum absolute atomic E-state index is 0.115. The molecule has 0 radical (unpaired) electrons. The Kier molecular flexibility index (Phi) is 6.34. The van der Waals surface area contributed by atoms with Gasteiger partial charge in [0.1, 0.15) is 5.75 Å². The van der Waals surface area contributed by atoms with Crippen molar-refractivity contribution in [3.05, 3.63) is 54.6 Å². The highest BCUT2D eigenvalue weighted by atomic mass is 32.2. The van der Waals surface area contributed by atoms with Gasteiger partial charge in [0.05, 0.1) is 5.69 Å². The molecule has 1 amide bonds. The Morgan fingerprint density at radius 2 is 1.77 bits per heavy atom. The molecule has 2 rings (SSSR count). The number of carbonyl (C=O) groups excluding carboxylic acids is 1. The van der Waals surface area contributed by atoms with E-state index in [2.05, 4.69) is 12.2 Å². The number of carbonyl (C=O) groups is 1. The number of nitrogens with one attached hydrogen (secondary N) is 1. The van der Waals surface area contributed by atoms with Gasteiger partial charge >= 0.3 is 0 Å². The molecule has 0 aliphatic rings. The largest absolute Gasteiger partial charge is 0.481 e. The first-order chi connectivity index (χ1) is 10.7. The highest BCUT2D eigenvalue weighted by molar-refractivity contribution is 7.99. The maximum atomic E-state index is 12.5. The molecule has 1 N–H and O–H groups in total. The maximum Gasteiger partial charge on any atom is 0.265 e. The zero-order valence-electron chi connectivity index (χ0n) is 12.9. The molecular formula is C18H21NO2S. The second-order valence-electron chi connectivity index (χ2n) is 4.75. The SMILES string of the molecule is CCSc1ccccc1NC(=O)C(CC)Oc1ccccc1. The van der Waals surface area contributed by atoms with Crippen molar-refractivity contribution >= 4 is 23.4 Å². The van der Waals surface area contributed by atoms with Crippen LogP contribution in [0.15, 0.2) is 59.5 Å². The average molecular weight is 315 g/mol. The Bertz CT molecular complexity index is 601. The smallest absolute Gasteiger partial charge is 0.265 e. The summed E-state index contributed by atoms with van der Waals surface area (Å²) in [7, 11) is 0. The van der Waals surface area contributed by atoms with E-state index in [0.717, 1.165) is 16.3 Å². The highest BCUT2D eigenvalue weighted by Gasteiger charge is 2.19. The van der Waals surface area contributed by atoms with E-state index in [1.807, 2.05) is 61.5 Å². The fourth-order valence-electron chi connectivity index (χ4n) is 2.05. The van der Waals surface area contributed by atoms with Crippen LogP contribution in [0, 0.1) is 0 Å². The van der Waals surface area contributed by atoms with E-state index < -0.39 is 6.10 Å². The van der Waals surface area contributed by atoms with Crippen LogP contribution in [0.4, 0.5) is 5.69 Å². The number of amides is 1. The van der Waals surface area contributed by atoms with Crippen LogP contribution < -0.4 is 10.1 Å². The number of anilines is 1. The van der Waals surface area contributed by atoms with E-state index >= 15 is 0 Å². The third kappa shape index (κ3) is 4.53. The van der Waals surface area contributed by atoms with Crippen molar-refractivity contribution in [3.63, 3.8) is 0 Å². The zero-order chi connectivity index (χ0) is 15.8. The number of hydrogen-bond donors (Lipinski definition) is 1. The molecule has 4 heteroatoms. The van der Waals surface area contributed by atoms with Gasteiger partial charge in [-0.3, -0.25) is 4.79 Å². The number of hydrogen-bond acceptors (Lipinski definition) is 3. The van der Waals surface area contributed by atoms with Crippen LogP contribution >= 0.6 is 11.8 Å². The monoisotopic (exact) mass is 315 g/mol. The van der Waals surface area contributed by atoms with Crippen molar-refractivity contribution in [2.45, 2.75) is 31.3 Å². The predicted molar refractivity (Wildman–Crippen MR) is 92.6 cm³/mol. The predicted octanol–water partition coefficient (Wildman–Crippen LogP) is 4.59. The first-order valence-corrected chi connectivity index (χ1v) is 8.47. The van der Waals surface area contributed by atoms with Gasteiger partial charge in [0, 0.05) is 4.90 Å². The molecule has 22 heavy (non-hydrogen) atoms. The third-order valence-corrected chi connectivity index (χ3v) is 4.09. The molecule has 0 fully saturated rings. The topological polar surface area (TPSA) is 38.3 Å². The summed E-state index contributed by atoms with van der Waals surface area (Å²) >= 11 is 1.71. The minimum Gasteiger partial charge on any atom is -0.481 e. The zero-order valence-corrected chi connectivity index (χ0v) is 13.7. The molecule has 116 valence electrons. The van der Waals surface area contributed by atoms with Crippen LogP contribution in [0.2, 0.25) is 0 Å². The molecule has 1 atom stereocenters. The summed E-state index contributed by atoms with van der Waals surface area (Å²) in [6.45, 7) is 4.04. The Hall–Kier alpha value is -1.94. The molecular weight excluding hydrogens is 294 g/mol. The summed E-state index contributed by atoms with van der Waals surface area (Å²) in [5.41, 5.74) is 0.842. The number of ether oxygens (including phenoxy) is 1. The van der Waals surface area contributed by atoms with Gasteiger partial charge in [0.25, 0.3) is 5.91 Å². The van der Waals surface area contributed by atoms with Crippen molar-refractivity contribution in [2.24, 2.45) is 0 Å². The molecule has 0 aliphatic heterocycles. The molecule has 0 spiro atoms. The molecule has 0 saturated heterocycles. The quantitative estimate of drug-likeness (QED) is 0.759. The first-order valence-electron chi connectivity index (χ1n) is 7.49. The maximum absolute atomic E-state index is 12.5. The highest BCUT2D eigenvalue weighted by Crippen LogP contribution is 2.27. The molecule has 0 aromatic heterocycles. The van der Waals surface area contributed by atoms with Crippen LogP contribution in [0.25, 0.3) is 0 Å². The van der Waals surface area contributed by atoms with Gasteiger partial charge in [0.15, 0.2) is 6.10 Å². The van der Waals surface area contributed by atoms with Crippen molar-refractivity contribution in [2.75, 3.05) is 11.1 Å². The van der Waals surface area contributed by atoms with E-state index in [1.54, 1.807) is 11.8 Å². The second kappa shape index (κ2) is 8.49. The lowest BCUT2D eigenvalue weighted by molar-refractivity contribution is -0.122. The van der Waals surface area contributed by atoms with Gasteiger partial charge in [-0.05, 0) is 36.4 Å². The van der Waals surface area contributed by atoms with Gasteiger partial charge in [-0.2, -0.15) is 0 Å². The summed E-state index contributed by atoms with van der Waals surface area (Å²) in [5.74, 6) is 1.56. The van der Waals surface area contributed by atoms with Crippen LogP contribution in [-0.2, 0) is 4.79 Å². The normalized spacial score (nSPS) is 11.7.